The normalized spacial score (nSPS) is 12.5. The van der Waals surface area contributed by atoms with Crippen LogP contribution < -0.4 is 5.32 Å². The minimum atomic E-state index is 0.0476. The number of amides is 1. The van der Waals surface area contributed by atoms with Crippen LogP contribution in [0.15, 0.2) is 0 Å². The van der Waals surface area contributed by atoms with Crippen LogP contribution in [-0.4, -0.2) is 29.9 Å². The van der Waals surface area contributed by atoms with Gasteiger partial charge >= 0.3 is 0 Å². The maximum absolute atomic E-state index is 11.0. The topological polar surface area (TPSA) is 49.3 Å². The molecule has 1 unspecified atom stereocenters. The molecule has 0 radical (unpaired) electrons. The molecule has 1 amide bonds. The second-order valence-electron chi connectivity index (χ2n) is 3.06. The van der Waals surface area contributed by atoms with Crippen molar-refractivity contribution >= 4 is 18.5 Å². The minimum absolute atomic E-state index is 0.0476. The summed E-state index contributed by atoms with van der Waals surface area (Å²) in [7, 11) is 0. The van der Waals surface area contributed by atoms with E-state index in [0.717, 1.165) is 12.8 Å². The maximum atomic E-state index is 11.0. The first-order valence-electron chi connectivity index (χ1n) is 4.73. The standard InChI is InChI=1S/C9H19NO2S/c1-2-8(3-5-11)7-10-9(12)4-6-13/h8,11,13H,2-7H2,1H3,(H,10,12). The largest absolute Gasteiger partial charge is 0.396 e. The molecule has 0 bridgehead atoms. The van der Waals surface area contributed by atoms with Crippen molar-refractivity contribution in [3.05, 3.63) is 0 Å². The third-order valence-electron chi connectivity index (χ3n) is 2.04. The molecule has 0 heterocycles. The Morgan fingerprint density at radius 3 is 2.77 bits per heavy atom. The van der Waals surface area contributed by atoms with Crippen LogP contribution in [0.2, 0.25) is 0 Å². The number of thiol groups is 1. The molecule has 2 N–H and O–H groups in total. The van der Waals surface area contributed by atoms with Crippen molar-refractivity contribution in [1.29, 1.82) is 0 Å². The molecule has 0 aromatic heterocycles. The second-order valence-corrected chi connectivity index (χ2v) is 3.51. The molecule has 4 heteroatoms. The van der Waals surface area contributed by atoms with Crippen LogP contribution in [0.4, 0.5) is 0 Å². The average Bonchev–Trinajstić information content (AvgIpc) is 2.12. The first-order chi connectivity index (χ1) is 6.24. The molecule has 0 rings (SSSR count). The molecule has 78 valence electrons. The van der Waals surface area contributed by atoms with Gasteiger partial charge in [0, 0.05) is 19.6 Å². The van der Waals surface area contributed by atoms with Crippen molar-refractivity contribution in [2.24, 2.45) is 5.92 Å². The molecule has 0 aromatic carbocycles. The third-order valence-corrected chi connectivity index (χ3v) is 2.27. The van der Waals surface area contributed by atoms with Gasteiger partial charge in [0.05, 0.1) is 0 Å². The van der Waals surface area contributed by atoms with Gasteiger partial charge in [0.2, 0.25) is 5.91 Å². The van der Waals surface area contributed by atoms with Crippen LogP contribution in [0.3, 0.4) is 0 Å². The first-order valence-corrected chi connectivity index (χ1v) is 5.36. The molecule has 0 aliphatic carbocycles. The van der Waals surface area contributed by atoms with E-state index >= 15 is 0 Å². The smallest absolute Gasteiger partial charge is 0.220 e. The fraction of sp³-hybridized carbons (Fsp3) is 0.889. The van der Waals surface area contributed by atoms with Gasteiger partial charge in [0.15, 0.2) is 0 Å². The molecule has 0 aliphatic heterocycles. The lowest BCUT2D eigenvalue weighted by Gasteiger charge is -2.13. The van der Waals surface area contributed by atoms with E-state index < -0.39 is 0 Å². The van der Waals surface area contributed by atoms with E-state index in [-0.39, 0.29) is 12.5 Å². The van der Waals surface area contributed by atoms with Gasteiger partial charge in [-0.2, -0.15) is 12.6 Å². The molecule has 0 saturated carbocycles. The van der Waals surface area contributed by atoms with Crippen molar-refractivity contribution in [2.45, 2.75) is 26.2 Å². The van der Waals surface area contributed by atoms with Crippen molar-refractivity contribution < 1.29 is 9.90 Å². The summed E-state index contributed by atoms with van der Waals surface area (Å²) in [5.74, 6) is 1.03. The molecule has 13 heavy (non-hydrogen) atoms. The SMILES string of the molecule is CCC(CCO)CNC(=O)CCS. The Morgan fingerprint density at radius 2 is 2.31 bits per heavy atom. The van der Waals surface area contributed by atoms with Gasteiger partial charge < -0.3 is 10.4 Å². The van der Waals surface area contributed by atoms with Crippen LogP contribution in [-0.2, 0) is 4.79 Å². The Balaban J connectivity index is 3.52. The number of carbonyl (C=O) groups excluding carboxylic acids is 1. The van der Waals surface area contributed by atoms with E-state index in [1.807, 2.05) is 0 Å². The maximum Gasteiger partial charge on any atom is 0.220 e. The number of aliphatic hydroxyl groups is 1. The minimum Gasteiger partial charge on any atom is -0.396 e. The zero-order valence-electron chi connectivity index (χ0n) is 8.12. The highest BCUT2D eigenvalue weighted by Gasteiger charge is 2.06. The number of carbonyl (C=O) groups is 1. The Bertz CT molecular complexity index is 142. The monoisotopic (exact) mass is 205 g/mol. The fourth-order valence-corrected chi connectivity index (χ4v) is 1.28. The van der Waals surface area contributed by atoms with E-state index in [1.165, 1.54) is 0 Å². The predicted octanol–water partition coefficient (Wildman–Crippen LogP) is 0.831. The van der Waals surface area contributed by atoms with Crippen LogP contribution in [0.1, 0.15) is 26.2 Å². The average molecular weight is 205 g/mol. The molecule has 1 atom stereocenters. The fourth-order valence-electron chi connectivity index (χ4n) is 1.08. The van der Waals surface area contributed by atoms with Crippen LogP contribution >= 0.6 is 12.6 Å². The Morgan fingerprint density at radius 1 is 1.62 bits per heavy atom. The summed E-state index contributed by atoms with van der Waals surface area (Å²) in [6, 6.07) is 0. The van der Waals surface area contributed by atoms with Crippen LogP contribution in [0.25, 0.3) is 0 Å². The summed E-state index contributed by atoms with van der Waals surface area (Å²) in [4.78, 5) is 11.0. The first kappa shape index (κ1) is 12.8. The van der Waals surface area contributed by atoms with E-state index in [9.17, 15) is 4.79 Å². The lowest BCUT2D eigenvalue weighted by molar-refractivity contribution is -0.120. The van der Waals surface area contributed by atoms with Gasteiger partial charge in [0.25, 0.3) is 0 Å². The molecule has 0 fully saturated rings. The number of aliphatic hydroxyl groups excluding tert-OH is 1. The summed E-state index contributed by atoms with van der Waals surface area (Å²) in [5.41, 5.74) is 0. The number of nitrogens with one attached hydrogen (secondary N) is 1. The van der Waals surface area contributed by atoms with Gasteiger partial charge in [-0.15, -0.1) is 0 Å². The highest BCUT2D eigenvalue weighted by molar-refractivity contribution is 7.80. The van der Waals surface area contributed by atoms with Crippen LogP contribution in [0, 0.1) is 5.92 Å². The summed E-state index contributed by atoms with van der Waals surface area (Å²) >= 11 is 3.97. The Kier molecular flexibility index (Phi) is 8.24. The zero-order chi connectivity index (χ0) is 10.1. The van der Waals surface area contributed by atoms with Gasteiger partial charge in [-0.25, -0.2) is 0 Å². The summed E-state index contributed by atoms with van der Waals surface area (Å²) in [6.07, 6.45) is 2.22. The lowest BCUT2D eigenvalue weighted by atomic mass is 10.0. The van der Waals surface area contributed by atoms with E-state index in [1.54, 1.807) is 0 Å². The molecular formula is C9H19NO2S. The van der Waals surface area contributed by atoms with Crippen molar-refractivity contribution in [2.75, 3.05) is 18.9 Å². The van der Waals surface area contributed by atoms with Gasteiger partial charge in [-0.05, 0) is 18.1 Å². The number of hydrogen-bond donors (Lipinski definition) is 3. The van der Waals surface area contributed by atoms with Gasteiger partial charge in [-0.3, -0.25) is 4.79 Å². The predicted molar refractivity (Wildman–Crippen MR) is 57.0 cm³/mol. The van der Waals surface area contributed by atoms with Crippen molar-refractivity contribution in [3.63, 3.8) is 0 Å². The van der Waals surface area contributed by atoms with E-state index in [0.29, 0.717) is 24.6 Å². The molecule has 0 spiro atoms. The highest BCUT2D eigenvalue weighted by Crippen LogP contribution is 2.05. The molecular weight excluding hydrogens is 186 g/mol. The number of rotatable bonds is 7. The van der Waals surface area contributed by atoms with Crippen LogP contribution in [0.5, 0.6) is 0 Å². The number of hydrogen-bond acceptors (Lipinski definition) is 3. The molecule has 3 nitrogen and oxygen atoms in total. The second kappa shape index (κ2) is 8.38. The van der Waals surface area contributed by atoms with E-state index in [4.69, 9.17) is 5.11 Å². The molecule has 0 aliphatic rings. The van der Waals surface area contributed by atoms with Crippen molar-refractivity contribution in [3.8, 4) is 0 Å². The lowest BCUT2D eigenvalue weighted by Crippen LogP contribution is -2.29. The van der Waals surface area contributed by atoms with E-state index in [2.05, 4.69) is 24.9 Å². The van der Waals surface area contributed by atoms with Crippen molar-refractivity contribution in [1.82, 2.24) is 5.32 Å². The quantitative estimate of drug-likeness (QED) is 0.539. The Hall–Kier alpha value is -0.220. The third kappa shape index (κ3) is 6.90. The summed E-state index contributed by atoms with van der Waals surface area (Å²) in [6.45, 7) is 2.93. The summed E-state index contributed by atoms with van der Waals surface area (Å²) < 4.78 is 0. The molecule has 0 aromatic rings. The van der Waals surface area contributed by atoms with Gasteiger partial charge in [-0.1, -0.05) is 13.3 Å². The van der Waals surface area contributed by atoms with Gasteiger partial charge in [0.1, 0.15) is 0 Å². The highest BCUT2D eigenvalue weighted by atomic mass is 32.1. The molecule has 0 saturated heterocycles. The zero-order valence-corrected chi connectivity index (χ0v) is 9.02. The summed E-state index contributed by atoms with van der Waals surface area (Å²) in [5, 5.41) is 11.5. The Labute approximate surface area is 85.3 Å².